The summed E-state index contributed by atoms with van der Waals surface area (Å²) in [5.74, 6) is 0. The summed E-state index contributed by atoms with van der Waals surface area (Å²) in [6, 6.07) is 0. The fraction of sp³-hybridized carbons (Fsp3) is 0.833. The minimum Gasteiger partial charge on any atom is -0.624 e. The molecule has 1 heterocycles. The second kappa shape index (κ2) is 2.82. The molecule has 0 aromatic carbocycles. The van der Waals surface area contributed by atoms with E-state index >= 15 is 0 Å². The molecule has 0 aromatic rings. The highest BCUT2D eigenvalue weighted by atomic mass is 16.5. The number of rotatable bonds is 1. The van der Waals surface area contributed by atoms with Gasteiger partial charge in [-0.3, -0.25) is 0 Å². The third-order valence-electron chi connectivity index (χ3n) is 1.38. The van der Waals surface area contributed by atoms with E-state index in [1.807, 2.05) is 6.92 Å². The highest BCUT2D eigenvalue weighted by Gasteiger charge is 2.12. The quantitative estimate of drug-likeness (QED) is 0.379. The Labute approximate surface area is 54.5 Å². The zero-order valence-electron chi connectivity index (χ0n) is 5.54. The predicted octanol–water partition coefficient (Wildman–Crippen LogP) is 0.376. The van der Waals surface area contributed by atoms with Crippen LogP contribution in [0.25, 0.3) is 0 Å². The molecule has 1 rings (SSSR count). The van der Waals surface area contributed by atoms with Gasteiger partial charge in [0.15, 0.2) is 12.8 Å². The third-order valence-corrected chi connectivity index (χ3v) is 1.38. The summed E-state index contributed by atoms with van der Waals surface area (Å²) in [6.45, 7) is 3.05. The Bertz CT molecular complexity index is 122. The molecule has 1 aliphatic rings. The predicted molar refractivity (Wildman–Crippen MR) is 34.6 cm³/mol. The van der Waals surface area contributed by atoms with Crippen LogP contribution < -0.4 is 0 Å². The summed E-state index contributed by atoms with van der Waals surface area (Å²) in [6.07, 6.45) is 2.53. The normalized spacial score (nSPS) is 27.7. The van der Waals surface area contributed by atoms with E-state index in [4.69, 9.17) is 4.74 Å². The van der Waals surface area contributed by atoms with Gasteiger partial charge < -0.3 is 9.94 Å². The lowest BCUT2D eigenvalue weighted by Crippen LogP contribution is -2.29. The Morgan fingerprint density at radius 2 is 2.67 bits per heavy atom. The van der Waals surface area contributed by atoms with Gasteiger partial charge in [0, 0.05) is 0 Å². The van der Waals surface area contributed by atoms with Crippen LogP contribution in [0.3, 0.4) is 0 Å². The molecule has 0 spiro atoms. The van der Waals surface area contributed by atoms with Crippen LogP contribution in [0.5, 0.6) is 0 Å². The number of hydrogen-bond acceptors (Lipinski definition) is 2. The molecule has 0 bridgehead atoms. The highest BCUT2D eigenvalue weighted by Crippen LogP contribution is 1.98. The lowest BCUT2D eigenvalue weighted by Gasteiger charge is -2.16. The van der Waals surface area contributed by atoms with Gasteiger partial charge in [-0.25, -0.2) is 4.74 Å². The number of hydroxylamine groups is 1. The summed E-state index contributed by atoms with van der Waals surface area (Å²) < 4.78 is 6.14. The Morgan fingerprint density at radius 1 is 1.89 bits per heavy atom. The minimum absolute atomic E-state index is 0.0521. The van der Waals surface area contributed by atoms with Crippen LogP contribution in [0, 0.1) is 5.21 Å². The molecule has 52 valence electrons. The summed E-state index contributed by atoms with van der Waals surface area (Å²) in [4.78, 5) is 0. The third kappa shape index (κ3) is 1.68. The van der Waals surface area contributed by atoms with Gasteiger partial charge in [0.2, 0.25) is 0 Å². The summed E-state index contributed by atoms with van der Waals surface area (Å²) in [5.41, 5.74) is 0. The molecule has 1 unspecified atom stereocenters. The summed E-state index contributed by atoms with van der Waals surface area (Å²) >= 11 is 0. The lowest BCUT2D eigenvalue weighted by molar-refractivity contribution is -0.470. The topological polar surface area (TPSA) is 35.3 Å². The maximum absolute atomic E-state index is 10.6. The van der Waals surface area contributed by atoms with E-state index in [1.54, 1.807) is 6.21 Å². The standard InChI is InChI=1S/C6H11NO2/c1-2-6-5-7(8)3-4-9-6/h5-6H,2-4H2,1H3. The fourth-order valence-electron chi connectivity index (χ4n) is 0.820. The average molecular weight is 129 g/mol. The zero-order chi connectivity index (χ0) is 6.69. The van der Waals surface area contributed by atoms with E-state index in [9.17, 15) is 5.21 Å². The average Bonchev–Trinajstić information content (AvgIpc) is 1.88. The van der Waals surface area contributed by atoms with Crippen LogP contribution in [0.1, 0.15) is 13.3 Å². The molecule has 1 atom stereocenters. The second-order valence-electron chi connectivity index (χ2n) is 2.11. The van der Waals surface area contributed by atoms with Gasteiger partial charge in [0.1, 0.15) is 12.7 Å². The molecule has 0 saturated heterocycles. The van der Waals surface area contributed by atoms with Crippen molar-refractivity contribution in [2.24, 2.45) is 0 Å². The van der Waals surface area contributed by atoms with Crippen molar-refractivity contribution in [2.75, 3.05) is 13.2 Å². The molecule has 0 fully saturated rings. The Morgan fingerprint density at radius 3 is 3.11 bits per heavy atom. The maximum Gasteiger partial charge on any atom is 0.180 e. The first kappa shape index (κ1) is 6.55. The lowest BCUT2D eigenvalue weighted by atomic mass is 10.3. The zero-order valence-corrected chi connectivity index (χ0v) is 5.54. The number of hydrogen-bond donors (Lipinski definition) is 0. The fourth-order valence-corrected chi connectivity index (χ4v) is 0.820. The van der Waals surface area contributed by atoms with Crippen molar-refractivity contribution < 1.29 is 9.48 Å². The molecule has 0 aliphatic carbocycles. The molecule has 0 aromatic heterocycles. The van der Waals surface area contributed by atoms with E-state index in [0.717, 1.165) is 11.2 Å². The van der Waals surface area contributed by atoms with Gasteiger partial charge in [-0.15, -0.1) is 0 Å². The minimum atomic E-state index is 0.0521. The molecule has 0 amide bonds. The molecule has 0 saturated carbocycles. The van der Waals surface area contributed by atoms with E-state index < -0.39 is 0 Å². The summed E-state index contributed by atoms with van der Waals surface area (Å²) in [5, 5.41) is 10.6. The van der Waals surface area contributed by atoms with Crippen LogP contribution in [0.4, 0.5) is 0 Å². The van der Waals surface area contributed by atoms with E-state index in [1.165, 1.54) is 0 Å². The van der Waals surface area contributed by atoms with Crippen LogP contribution in [-0.4, -0.2) is 30.2 Å². The number of nitrogens with zero attached hydrogens (tertiary/aromatic N) is 1. The van der Waals surface area contributed by atoms with Gasteiger partial charge in [-0.2, -0.15) is 0 Å². The monoisotopic (exact) mass is 129 g/mol. The highest BCUT2D eigenvalue weighted by molar-refractivity contribution is 5.57. The molecular formula is C6H11NO2. The first-order chi connectivity index (χ1) is 4.33. The van der Waals surface area contributed by atoms with Crippen molar-refractivity contribution >= 4 is 6.21 Å². The Balaban J connectivity index is 2.47. The smallest absolute Gasteiger partial charge is 0.180 e. The Kier molecular flexibility index (Phi) is 2.05. The molecule has 0 radical (unpaired) electrons. The van der Waals surface area contributed by atoms with E-state index in [0.29, 0.717) is 13.2 Å². The van der Waals surface area contributed by atoms with Gasteiger partial charge in [-0.05, 0) is 6.42 Å². The van der Waals surface area contributed by atoms with Crippen molar-refractivity contribution in [3.05, 3.63) is 5.21 Å². The molecular weight excluding hydrogens is 118 g/mol. The van der Waals surface area contributed by atoms with Crippen LogP contribution in [0.15, 0.2) is 0 Å². The molecule has 1 aliphatic heterocycles. The van der Waals surface area contributed by atoms with Gasteiger partial charge >= 0.3 is 0 Å². The number of ether oxygens (including phenoxy) is 1. The van der Waals surface area contributed by atoms with Crippen molar-refractivity contribution in [1.82, 2.24) is 0 Å². The summed E-state index contributed by atoms with van der Waals surface area (Å²) in [7, 11) is 0. The first-order valence-electron chi connectivity index (χ1n) is 3.23. The van der Waals surface area contributed by atoms with E-state index in [2.05, 4.69) is 0 Å². The van der Waals surface area contributed by atoms with Crippen molar-refractivity contribution in [2.45, 2.75) is 19.4 Å². The van der Waals surface area contributed by atoms with Crippen LogP contribution in [0.2, 0.25) is 0 Å². The molecule has 9 heavy (non-hydrogen) atoms. The van der Waals surface area contributed by atoms with Gasteiger partial charge in [0.05, 0.1) is 0 Å². The van der Waals surface area contributed by atoms with Crippen molar-refractivity contribution in [1.29, 1.82) is 0 Å². The van der Waals surface area contributed by atoms with Gasteiger partial charge in [-0.1, -0.05) is 6.92 Å². The van der Waals surface area contributed by atoms with Crippen molar-refractivity contribution in [3.63, 3.8) is 0 Å². The Hall–Kier alpha value is -0.570. The molecule has 3 nitrogen and oxygen atoms in total. The molecule has 3 heteroatoms. The van der Waals surface area contributed by atoms with Crippen LogP contribution >= 0.6 is 0 Å². The largest absolute Gasteiger partial charge is 0.624 e. The molecule has 0 N–H and O–H groups in total. The SMILES string of the molecule is CCC1C=[N+]([O-])CCO1. The van der Waals surface area contributed by atoms with Crippen LogP contribution in [-0.2, 0) is 4.74 Å². The first-order valence-corrected chi connectivity index (χ1v) is 3.23. The van der Waals surface area contributed by atoms with Gasteiger partial charge in [0.25, 0.3) is 0 Å². The maximum atomic E-state index is 10.6. The second-order valence-corrected chi connectivity index (χ2v) is 2.11. The van der Waals surface area contributed by atoms with Crippen molar-refractivity contribution in [3.8, 4) is 0 Å². The van der Waals surface area contributed by atoms with E-state index in [-0.39, 0.29) is 6.10 Å².